The quantitative estimate of drug-likeness (QED) is 0.584. The molecule has 1 aliphatic heterocycles. The maximum atomic E-state index is 13.4. The minimum absolute atomic E-state index is 0.0374. The van der Waals surface area contributed by atoms with Gasteiger partial charge in [0.1, 0.15) is 0 Å². The van der Waals surface area contributed by atoms with E-state index in [9.17, 15) is 13.2 Å². The molecular weight excluding hydrogens is 445 g/mol. The van der Waals surface area contributed by atoms with E-state index in [1.807, 2.05) is 31.2 Å². The van der Waals surface area contributed by atoms with E-state index in [0.29, 0.717) is 30.9 Å². The average Bonchev–Trinajstić information content (AvgIpc) is 3.08. The number of sulfone groups is 1. The van der Waals surface area contributed by atoms with E-state index in [-0.39, 0.29) is 27.5 Å². The normalized spacial score (nSPS) is 17.7. The Balaban J connectivity index is 1.93. The Hall–Kier alpha value is -1.76. The summed E-state index contributed by atoms with van der Waals surface area (Å²) < 4.78 is 29.6. The van der Waals surface area contributed by atoms with Crippen molar-refractivity contribution < 1.29 is 17.9 Å². The van der Waals surface area contributed by atoms with E-state index in [1.54, 1.807) is 4.90 Å². The number of hydrogen-bond acceptors (Lipinski definition) is 4. The molecule has 2 aromatic carbocycles. The third kappa shape index (κ3) is 5.29. The zero-order valence-electron chi connectivity index (χ0n) is 17.0. The van der Waals surface area contributed by atoms with Gasteiger partial charge in [0.2, 0.25) is 0 Å². The van der Waals surface area contributed by atoms with Gasteiger partial charge in [-0.2, -0.15) is 0 Å². The molecule has 1 saturated heterocycles. The van der Waals surface area contributed by atoms with Gasteiger partial charge in [-0.1, -0.05) is 54.4 Å². The van der Waals surface area contributed by atoms with Crippen LogP contribution >= 0.6 is 23.2 Å². The molecular formula is C22H25Cl2NO4S. The van der Waals surface area contributed by atoms with Crippen molar-refractivity contribution in [2.75, 3.05) is 18.1 Å². The Labute approximate surface area is 187 Å². The highest BCUT2D eigenvalue weighted by Gasteiger charge is 2.35. The minimum Gasteiger partial charge on any atom is -0.491 e. The SMILES string of the molecule is CCOc1c(Cl)cc(C(=O)N(Cc2ccc(CC)cc2)C2CCS(=O)(=O)C2)cc1Cl. The van der Waals surface area contributed by atoms with Crippen LogP contribution in [0.1, 0.15) is 41.8 Å². The van der Waals surface area contributed by atoms with Crippen LogP contribution < -0.4 is 4.74 Å². The number of amides is 1. The highest BCUT2D eigenvalue weighted by molar-refractivity contribution is 7.91. The first-order valence-electron chi connectivity index (χ1n) is 9.95. The van der Waals surface area contributed by atoms with Gasteiger partial charge in [-0.3, -0.25) is 4.79 Å². The maximum Gasteiger partial charge on any atom is 0.254 e. The van der Waals surface area contributed by atoms with Gasteiger partial charge < -0.3 is 9.64 Å². The van der Waals surface area contributed by atoms with Crippen molar-refractivity contribution in [3.05, 3.63) is 63.1 Å². The van der Waals surface area contributed by atoms with E-state index in [4.69, 9.17) is 27.9 Å². The summed E-state index contributed by atoms with van der Waals surface area (Å²) in [6, 6.07) is 10.6. The van der Waals surface area contributed by atoms with Crippen LogP contribution in [0.5, 0.6) is 5.75 Å². The molecule has 0 aromatic heterocycles. The fourth-order valence-corrected chi connectivity index (χ4v) is 5.92. The highest BCUT2D eigenvalue weighted by Crippen LogP contribution is 2.35. The molecule has 1 heterocycles. The second-order valence-corrected chi connectivity index (χ2v) is 10.4. The molecule has 8 heteroatoms. The molecule has 1 aliphatic rings. The number of ether oxygens (including phenoxy) is 1. The molecule has 5 nitrogen and oxygen atoms in total. The number of aryl methyl sites for hydroxylation is 1. The van der Waals surface area contributed by atoms with Crippen LogP contribution in [0.3, 0.4) is 0 Å². The molecule has 162 valence electrons. The van der Waals surface area contributed by atoms with Gasteiger partial charge in [-0.15, -0.1) is 0 Å². The van der Waals surface area contributed by atoms with E-state index >= 15 is 0 Å². The van der Waals surface area contributed by atoms with E-state index in [1.165, 1.54) is 17.7 Å². The zero-order valence-corrected chi connectivity index (χ0v) is 19.4. The molecule has 0 spiro atoms. The molecule has 1 unspecified atom stereocenters. The van der Waals surface area contributed by atoms with Gasteiger partial charge in [0, 0.05) is 18.2 Å². The topological polar surface area (TPSA) is 63.7 Å². The lowest BCUT2D eigenvalue weighted by Gasteiger charge is -2.29. The minimum atomic E-state index is -3.16. The smallest absolute Gasteiger partial charge is 0.254 e. The van der Waals surface area contributed by atoms with Crippen molar-refractivity contribution in [2.45, 2.75) is 39.3 Å². The summed E-state index contributed by atoms with van der Waals surface area (Å²) in [7, 11) is -3.16. The average molecular weight is 470 g/mol. The van der Waals surface area contributed by atoms with Gasteiger partial charge in [-0.05, 0) is 43.0 Å². The Kier molecular flexibility index (Phi) is 7.32. The van der Waals surface area contributed by atoms with Gasteiger partial charge >= 0.3 is 0 Å². The first-order chi connectivity index (χ1) is 14.2. The maximum absolute atomic E-state index is 13.4. The Morgan fingerprint density at radius 2 is 1.70 bits per heavy atom. The number of carbonyl (C=O) groups excluding carboxylic acids is 1. The predicted octanol–water partition coefficient (Wildman–Crippen LogP) is 4.78. The number of nitrogens with zero attached hydrogens (tertiary/aromatic N) is 1. The molecule has 0 saturated carbocycles. The van der Waals surface area contributed by atoms with Crippen molar-refractivity contribution in [3.63, 3.8) is 0 Å². The standard InChI is InChI=1S/C22H25Cl2NO4S/c1-3-15-5-7-16(8-6-15)13-25(18-9-10-30(27,28)14-18)22(26)17-11-19(23)21(29-4-2)20(24)12-17/h5-8,11-12,18H,3-4,9-10,13-14H2,1-2H3. The molecule has 0 radical (unpaired) electrons. The van der Waals surface area contributed by atoms with Crippen molar-refractivity contribution in [2.24, 2.45) is 0 Å². The summed E-state index contributed by atoms with van der Waals surface area (Å²) in [5.74, 6) is 0.0803. The first-order valence-corrected chi connectivity index (χ1v) is 12.5. The summed E-state index contributed by atoms with van der Waals surface area (Å²) in [6.07, 6.45) is 1.34. The summed E-state index contributed by atoms with van der Waals surface area (Å²) >= 11 is 12.6. The third-order valence-electron chi connectivity index (χ3n) is 5.23. The second-order valence-electron chi connectivity index (χ2n) is 7.36. The lowest BCUT2D eigenvalue weighted by atomic mass is 10.1. The van der Waals surface area contributed by atoms with Crippen molar-refractivity contribution in [1.82, 2.24) is 4.90 Å². The van der Waals surface area contributed by atoms with Crippen LogP contribution in [-0.2, 0) is 22.8 Å². The number of benzene rings is 2. The van der Waals surface area contributed by atoms with Crippen LogP contribution in [0, 0.1) is 0 Å². The molecule has 1 fully saturated rings. The van der Waals surface area contributed by atoms with Crippen molar-refractivity contribution in [1.29, 1.82) is 0 Å². The summed E-state index contributed by atoms with van der Waals surface area (Å²) in [4.78, 5) is 15.0. The van der Waals surface area contributed by atoms with E-state index in [0.717, 1.165) is 12.0 Å². The molecule has 1 atom stereocenters. The van der Waals surface area contributed by atoms with Crippen LogP contribution in [0.25, 0.3) is 0 Å². The number of carbonyl (C=O) groups is 1. The molecule has 2 aromatic rings. The second kappa shape index (κ2) is 9.58. The predicted molar refractivity (Wildman–Crippen MR) is 120 cm³/mol. The highest BCUT2D eigenvalue weighted by atomic mass is 35.5. The molecule has 0 bridgehead atoms. The van der Waals surface area contributed by atoms with E-state index in [2.05, 4.69) is 6.92 Å². The summed E-state index contributed by atoms with van der Waals surface area (Å²) in [5, 5.41) is 0.498. The van der Waals surface area contributed by atoms with Crippen LogP contribution in [0.2, 0.25) is 10.0 Å². The monoisotopic (exact) mass is 469 g/mol. The number of rotatable bonds is 7. The molecule has 1 amide bonds. The fourth-order valence-electron chi connectivity index (χ4n) is 3.60. The largest absolute Gasteiger partial charge is 0.491 e. The zero-order chi connectivity index (χ0) is 21.9. The molecule has 0 aliphatic carbocycles. The summed E-state index contributed by atoms with van der Waals surface area (Å²) in [6.45, 7) is 4.60. The third-order valence-corrected chi connectivity index (χ3v) is 7.54. The van der Waals surface area contributed by atoms with Gasteiger partial charge in [-0.25, -0.2) is 8.42 Å². The lowest BCUT2D eigenvalue weighted by Crippen LogP contribution is -2.40. The summed E-state index contributed by atoms with van der Waals surface area (Å²) in [5.41, 5.74) is 2.45. The first kappa shape index (κ1) is 22.9. The molecule has 30 heavy (non-hydrogen) atoms. The Morgan fingerprint density at radius 3 is 2.20 bits per heavy atom. The number of halogens is 2. The lowest BCUT2D eigenvalue weighted by molar-refractivity contribution is 0.0681. The van der Waals surface area contributed by atoms with Gasteiger partial charge in [0.05, 0.1) is 28.2 Å². The van der Waals surface area contributed by atoms with Gasteiger partial charge in [0.25, 0.3) is 5.91 Å². The molecule has 0 N–H and O–H groups in total. The van der Waals surface area contributed by atoms with Crippen LogP contribution in [0.15, 0.2) is 36.4 Å². The Bertz CT molecular complexity index is 999. The molecule has 3 rings (SSSR count). The van der Waals surface area contributed by atoms with Gasteiger partial charge in [0.15, 0.2) is 15.6 Å². The van der Waals surface area contributed by atoms with Crippen molar-refractivity contribution in [3.8, 4) is 5.75 Å². The fraction of sp³-hybridized carbons (Fsp3) is 0.409. The Morgan fingerprint density at radius 1 is 1.10 bits per heavy atom. The van der Waals surface area contributed by atoms with Crippen LogP contribution in [-0.4, -0.2) is 43.4 Å². The van der Waals surface area contributed by atoms with Crippen LogP contribution in [0.4, 0.5) is 0 Å². The van der Waals surface area contributed by atoms with Crippen molar-refractivity contribution >= 4 is 38.9 Å². The van der Waals surface area contributed by atoms with E-state index < -0.39 is 15.9 Å². The number of hydrogen-bond donors (Lipinski definition) is 0.